The standard InChI is InChI=1S/C18H16N4O2S/c23-16(19-9-7-13-4-3-11-25-13)12-22-17-14(5-1-8-20-17)21-10-2-6-15(21)18(22)24/h1-6,8,10-11H,7,9,12H2,(H,19,23). The fourth-order valence-electron chi connectivity index (χ4n) is 2.91. The molecule has 0 atom stereocenters. The lowest BCUT2D eigenvalue weighted by Gasteiger charge is -2.11. The molecule has 4 rings (SSSR count). The maximum absolute atomic E-state index is 12.7. The van der Waals surface area contributed by atoms with Crippen molar-refractivity contribution in [3.8, 4) is 0 Å². The number of thiophene rings is 1. The Morgan fingerprint density at radius 1 is 1.16 bits per heavy atom. The van der Waals surface area contributed by atoms with Gasteiger partial charge in [0.2, 0.25) is 5.91 Å². The number of amides is 1. The molecule has 0 saturated heterocycles. The van der Waals surface area contributed by atoms with Crippen molar-refractivity contribution in [3.05, 3.63) is 69.4 Å². The molecule has 1 N–H and O–H groups in total. The van der Waals surface area contributed by atoms with E-state index in [1.807, 2.05) is 41.9 Å². The Hall–Kier alpha value is -2.93. The molecule has 25 heavy (non-hydrogen) atoms. The second-order valence-corrected chi connectivity index (χ2v) is 6.71. The van der Waals surface area contributed by atoms with Crippen molar-refractivity contribution in [3.63, 3.8) is 0 Å². The van der Waals surface area contributed by atoms with Crippen LogP contribution in [-0.4, -0.2) is 26.4 Å². The van der Waals surface area contributed by atoms with Gasteiger partial charge in [-0.3, -0.25) is 14.2 Å². The molecule has 126 valence electrons. The van der Waals surface area contributed by atoms with Gasteiger partial charge in [0.05, 0.1) is 5.52 Å². The first kappa shape index (κ1) is 15.6. The lowest BCUT2D eigenvalue weighted by atomic mass is 10.3. The molecule has 0 aliphatic rings. The third kappa shape index (κ3) is 2.94. The Morgan fingerprint density at radius 3 is 2.88 bits per heavy atom. The van der Waals surface area contributed by atoms with E-state index in [-0.39, 0.29) is 18.0 Å². The number of nitrogens with zero attached hydrogens (tertiary/aromatic N) is 3. The highest BCUT2D eigenvalue weighted by molar-refractivity contribution is 7.09. The van der Waals surface area contributed by atoms with Gasteiger partial charge in [0.15, 0.2) is 5.65 Å². The van der Waals surface area contributed by atoms with Crippen LogP contribution < -0.4 is 10.9 Å². The molecule has 0 aliphatic heterocycles. The maximum Gasteiger partial charge on any atom is 0.276 e. The van der Waals surface area contributed by atoms with Crippen molar-refractivity contribution in [2.75, 3.05) is 6.54 Å². The summed E-state index contributed by atoms with van der Waals surface area (Å²) in [6, 6.07) is 11.3. The third-order valence-corrected chi connectivity index (χ3v) is 5.01. The zero-order chi connectivity index (χ0) is 17.2. The van der Waals surface area contributed by atoms with Gasteiger partial charge in [-0.2, -0.15) is 0 Å². The summed E-state index contributed by atoms with van der Waals surface area (Å²) in [5.41, 5.74) is 1.62. The van der Waals surface area contributed by atoms with Crippen LogP contribution in [0, 0.1) is 0 Å². The van der Waals surface area contributed by atoms with Crippen molar-refractivity contribution in [1.29, 1.82) is 0 Å². The fourth-order valence-corrected chi connectivity index (χ4v) is 3.62. The molecule has 0 aromatic carbocycles. The molecule has 0 spiro atoms. The second kappa shape index (κ2) is 6.52. The minimum atomic E-state index is -0.218. The lowest BCUT2D eigenvalue weighted by molar-refractivity contribution is -0.121. The monoisotopic (exact) mass is 352 g/mol. The number of carbonyl (C=O) groups excluding carboxylic acids is 1. The molecule has 4 aromatic heterocycles. The number of rotatable bonds is 5. The van der Waals surface area contributed by atoms with Crippen LogP contribution in [0.15, 0.2) is 59.0 Å². The van der Waals surface area contributed by atoms with Gasteiger partial charge in [0.25, 0.3) is 5.56 Å². The fraction of sp³-hybridized carbons (Fsp3) is 0.167. The number of hydrogen-bond acceptors (Lipinski definition) is 4. The molecule has 4 aromatic rings. The molecular weight excluding hydrogens is 336 g/mol. The number of fused-ring (bicyclic) bond motifs is 3. The van der Waals surface area contributed by atoms with Gasteiger partial charge < -0.3 is 9.72 Å². The van der Waals surface area contributed by atoms with E-state index >= 15 is 0 Å². The summed E-state index contributed by atoms with van der Waals surface area (Å²) >= 11 is 1.67. The first-order valence-corrected chi connectivity index (χ1v) is 8.86. The number of pyridine rings is 1. The highest BCUT2D eigenvalue weighted by Gasteiger charge is 2.13. The van der Waals surface area contributed by atoms with Crippen molar-refractivity contribution in [1.82, 2.24) is 19.3 Å². The van der Waals surface area contributed by atoms with Crippen LogP contribution in [0.2, 0.25) is 0 Å². The Bertz CT molecular complexity index is 1100. The summed E-state index contributed by atoms with van der Waals surface area (Å²) in [6.07, 6.45) is 4.24. The predicted octanol–water partition coefficient (Wildman–Crippen LogP) is 2.07. The summed E-state index contributed by atoms with van der Waals surface area (Å²) in [5, 5.41) is 4.89. The smallest absolute Gasteiger partial charge is 0.276 e. The average Bonchev–Trinajstić information content (AvgIpc) is 3.30. The van der Waals surface area contributed by atoms with Gasteiger partial charge in [-0.25, -0.2) is 4.98 Å². The quantitative estimate of drug-likeness (QED) is 0.598. The van der Waals surface area contributed by atoms with Crippen LogP contribution in [-0.2, 0) is 17.8 Å². The molecule has 0 bridgehead atoms. The molecule has 7 heteroatoms. The molecule has 1 amide bonds. The van der Waals surface area contributed by atoms with E-state index < -0.39 is 0 Å². The van der Waals surface area contributed by atoms with E-state index in [1.165, 1.54) is 9.44 Å². The summed E-state index contributed by atoms with van der Waals surface area (Å²) in [5.74, 6) is -0.193. The summed E-state index contributed by atoms with van der Waals surface area (Å²) in [7, 11) is 0. The molecule has 0 fully saturated rings. The number of nitrogens with one attached hydrogen (secondary N) is 1. The summed E-state index contributed by atoms with van der Waals surface area (Å²) < 4.78 is 3.24. The predicted molar refractivity (Wildman–Crippen MR) is 98.0 cm³/mol. The van der Waals surface area contributed by atoms with E-state index in [1.54, 1.807) is 28.0 Å². The Morgan fingerprint density at radius 2 is 2.04 bits per heavy atom. The Balaban J connectivity index is 1.60. The number of carbonyl (C=O) groups is 1. The van der Waals surface area contributed by atoms with E-state index in [4.69, 9.17) is 0 Å². The van der Waals surface area contributed by atoms with Crippen molar-refractivity contribution in [2.24, 2.45) is 0 Å². The van der Waals surface area contributed by atoms with Crippen molar-refractivity contribution >= 4 is 33.9 Å². The van der Waals surface area contributed by atoms with Crippen LogP contribution in [0.1, 0.15) is 4.88 Å². The Labute approximate surface area is 147 Å². The maximum atomic E-state index is 12.7. The van der Waals surface area contributed by atoms with E-state index in [2.05, 4.69) is 10.3 Å². The van der Waals surface area contributed by atoms with Crippen LogP contribution in [0.25, 0.3) is 16.7 Å². The zero-order valence-electron chi connectivity index (χ0n) is 13.4. The largest absolute Gasteiger partial charge is 0.354 e. The average molecular weight is 352 g/mol. The van der Waals surface area contributed by atoms with Crippen molar-refractivity contribution < 1.29 is 4.79 Å². The highest BCUT2D eigenvalue weighted by atomic mass is 32.1. The molecular formula is C18H16N4O2S. The van der Waals surface area contributed by atoms with Crippen LogP contribution in [0.3, 0.4) is 0 Å². The topological polar surface area (TPSA) is 68.4 Å². The highest BCUT2D eigenvalue weighted by Crippen LogP contribution is 2.12. The SMILES string of the molecule is O=C(Cn1c(=O)c2cccn2c2cccnc21)NCCc1cccs1. The van der Waals surface area contributed by atoms with Crippen LogP contribution >= 0.6 is 11.3 Å². The first-order chi connectivity index (χ1) is 12.2. The van der Waals surface area contributed by atoms with Gasteiger partial charge in [0, 0.05) is 23.8 Å². The molecule has 0 radical (unpaired) electrons. The van der Waals surface area contributed by atoms with Gasteiger partial charge in [-0.05, 0) is 42.1 Å². The van der Waals surface area contributed by atoms with Gasteiger partial charge in [0.1, 0.15) is 12.1 Å². The van der Waals surface area contributed by atoms with E-state index in [0.717, 1.165) is 11.9 Å². The summed E-state index contributed by atoms with van der Waals surface area (Å²) in [6.45, 7) is 0.505. The van der Waals surface area contributed by atoms with Crippen molar-refractivity contribution in [2.45, 2.75) is 13.0 Å². The Kier molecular flexibility index (Phi) is 4.07. The van der Waals surface area contributed by atoms with Gasteiger partial charge in [-0.15, -0.1) is 11.3 Å². The minimum absolute atomic E-state index is 0.0432. The number of hydrogen-bond donors (Lipinski definition) is 1. The van der Waals surface area contributed by atoms with E-state index in [0.29, 0.717) is 17.7 Å². The van der Waals surface area contributed by atoms with Crippen LogP contribution in [0.5, 0.6) is 0 Å². The first-order valence-electron chi connectivity index (χ1n) is 7.98. The third-order valence-electron chi connectivity index (χ3n) is 4.07. The van der Waals surface area contributed by atoms with Gasteiger partial charge >= 0.3 is 0 Å². The molecule has 0 saturated carbocycles. The summed E-state index contributed by atoms with van der Waals surface area (Å²) in [4.78, 5) is 30.6. The van der Waals surface area contributed by atoms with E-state index in [9.17, 15) is 9.59 Å². The lowest BCUT2D eigenvalue weighted by Crippen LogP contribution is -2.34. The molecule has 0 aliphatic carbocycles. The van der Waals surface area contributed by atoms with Crippen LogP contribution in [0.4, 0.5) is 0 Å². The number of aromatic nitrogens is 3. The zero-order valence-corrected chi connectivity index (χ0v) is 14.2. The molecule has 4 heterocycles. The second-order valence-electron chi connectivity index (χ2n) is 5.68. The molecule has 6 nitrogen and oxygen atoms in total. The molecule has 0 unspecified atom stereocenters. The van der Waals surface area contributed by atoms with Gasteiger partial charge in [-0.1, -0.05) is 6.07 Å². The normalized spacial score (nSPS) is 11.2. The minimum Gasteiger partial charge on any atom is -0.354 e.